The first-order chi connectivity index (χ1) is 11.6. The van der Waals surface area contributed by atoms with Crippen molar-refractivity contribution in [2.24, 2.45) is 0 Å². The lowest BCUT2D eigenvalue weighted by Crippen LogP contribution is -2.39. The summed E-state index contributed by atoms with van der Waals surface area (Å²) in [5.41, 5.74) is 10.5. The van der Waals surface area contributed by atoms with Crippen LogP contribution in [0.1, 0.15) is 29.2 Å². The standard InChI is InChI=1S/C19H23N3O2/c1-12-6-4-9-16(13(12)2)20-19(23)18-11-17(21-22-18)14-7-5-8-15(10-14)24-3/h4-10,17-18,21-22H,11H2,1-3H3,(H,20,23). The number of aryl methyl sites for hydroxylation is 1. The molecule has 2 atom stereocenters. The summed E-state index contributed by atoms with van der Waals surface area (Å²) in [5, 5.41) is 3.02. The molecule has 0 aromatic heterocycles. The fraction of sp³-hybridized carbons (Fsp3) is 0.316. The van der Waals surface area contributed by atoms with Crippen LogP contribution in [0.4, 0.5) is 5.69 Å². The molecule has 1 amide bonds. The van der Waals surface area contributed by atoms with E-state index in [4.69, 9.17) is 4.74 Å². The van der Waals surface area contributed by atoms with Gasteiger partial charge >= 0.3 is 0 Å². The number of hydrogen-bond acceptors (Lipinski definition) is 4. The summed E-state index contributed by atoms with van der Waals surface area (Å²) in [5.74, 6) is 0.791. The Balaban J connectivity index is 1.66. The van der Waals surface area contributed by atoms with Crippen molar-refractivity contribution in [2.75, 3.05) is 12.4 Å². The predicted molar refractivity (Wildman–Crippen MR) is 95.0 cm³/mol. The minimum atomic E-state index is -0.277. The van der Waals surface area contributed by atoms with Gasteiger partial charge in [-0.15, -0.1) is 0 Å². The smallest absolute Gasteiger partial charge is 0.242 e. The van der Waals surface area contributed by atoms with Gasteiger partial charge in [0.05, 0.1) is 7.11 Å². The van der Waals surface area contributed by atoms with Crippen molar-refractivity contribution in [3.63, 3.8) is 0 Å². The third kappa shape index (κ3) is 3.42. The van der Waals surface area contributed by atoms with Gasteiger partial charge < -0.3 is 10.1 Å². The summed E-state index contributed by atoms with van der Waals surface area (Å²) in [6.07, 6.45) is 0.684. The van der Waals surface area contributed by atoms with Crippen LogP contribution in [0.3, 0.4) is 0 Å². The van der Waals surface area contributed by atoms with Crippen molar-refractivity contribution in [3.05, 3.63) is 59.2 Å². The molecule has 2 unspecified atom stereocenters. The number of carbonyl (C=O) groups is 1. The van der Waals surface area contributed by atoms with Crippen molar-refractivity contribution in [1.82, 2.24) is 10.9 Å². The van der Waals surface area contributed by atoms with Gasteiger partial charge in [-0.3, -0.25) is 4.79 Å². The number of carbonyl (C=O) groups excluding carboxylic acids is 1. The van der Waals surface area contributed by atoms with Gasteiger partial charge in [-0.1, -0.05) is 24.3 Å². The molecule has 126 valence electrons. The number of benzene rings is 2. The van der Waals surface area contributed by atoms with E-state index in [9.17, 15) is 4.79 Å². The van der Waals surface area contributed by atoms with Gasteiger partial charge in [0.2, 0.25) is 5.91 Å². The molecular weight excluding hydrogens is 302 g/mol. The minimum Gasteiger partial charge on any atom is -0.497 e. The lowest BCUT2D eigenvalue weighted by Gasteiger charge is -2.14. The maximum Gasteiger partial charge on any atom is 0.242 e. The Morgan fingerprint density at radius 3 is 2.75 bits per heavy atom. The molecule has 1 heterocycles. The summed E-state index contributed by atoms with van der Waals surface area (Å²) in [6, 6.07) is 13.6. The quantitative estimate of drug-likeness (QED) is 0.809. The Morgan fingerprint density at radius 2 is 1.96 bits per heavy atom. The van der Waals surface area contributed by atoms with Crippen LogP contribution >= 0.6 is 0 Å². The van der Waals surface area contributed by atoms with Gasteiger partial charge in [0.25, 0.3) is 0 Å². The summed E-state index contributed by atoms with van der Waals surface area (Å²) in [4.78, 5) is 12.5. The van der Waals surface area contributed by atoms with Crippen LogP contribution in [-0.4, -0.2) is 19.1 Å². The van der Waals surface area contributed by atoms with Crippen molar-refractivity contribution in [2.45, 2.75) is 32.4 Å². The number of hydrazine groups is 1. The van der Waals surface area contributed by atoms with Crippen LogP contribution in [-0.2, 0) is 4.79 Å². The predicted octanol–water partition coefficient (Wildman–Crippen LogP) is 2.86. The van der Waals surface area contributed by atoms with E-state index >= 15 is 0 Å². The van der Waals surface area contributed by atoms with E-state index in [1.807, 2.05) is 56.3 Å². The van der Waals surface area contributed by atoms with E-state index in [0.29, 0.717) is 6.42 Å². The Bertz CT molecular complexity index is 745. The molecule has 1 aliphatic heterocycles. The molecule has 24 heavy (non-hydrogen) atoms. The molecule has 1 saturated heterocycles. The number of nitrogens with one attached hydrogen (secondary N) is 3. The minimum absolute atomic E-state index is 0.0263. The van der Waals surface area contributed by atoms with E-state index in [0.717, 1.165) is 22.6 Å². The summed E-state index contributed by atoms with van der Waals surface area (Å²) in [6.45, 7) is 4.06. The van der Waals surface area contributed by atoms with Crippen molar-refractivity contribution >= 4 is 11.6 Å². The highest BCUT2D eigenvalue weighted by atomic mass is 16.5. The van der Waals surface area contributed by atoms with Crippen LogP contribution in [0.15, 0.2) is 42.5 Å². The summed E-state index contributed by atoms with van der Waals surface area (Å²) < 4.78 is 5.26. The maximum absolute atomic E-state index is 12.5. The molecule has 1 aliphatic rings. The van der Waals surface area contributed by atoms with Crippen molar-refractivity contribution in [3.8, 4) is 5.75 Å². The summed E-state index contributed by atoms with van der Waals surface area (Å²) >= 11 is 0. The van der Waals surface area contributed by atoms with Crippen molar-refractivity contribution in [1.29, 1.82) is 0 Å². The lowest BCUT2D eigenvalue weighted by atomic mass is 10.0. The lowest BCUT2D eigenvalue weighted by molar-refractivity contribution is -0.117. The van der Waals surface area contributed by atoms with Gasteiger partial charge in [0, 0.05) is 11.7 Å². The zero-order valence-corrected chi connectivity index (χ0v) is 14.2. The van der Waals surface area contributed by atoms with Crippen LogP contribution in [0.25, 0.3) is 0 Å². The van der Waals surface area contributed by atoms with E-state index in [-0.39, 0.29) is 18.0 Å². The summed E-state index contributed by atoms with van der Waals surface area (Å²) in [7, 11) is 1.65. The average Bonchev–Trinajstić information content (AvgIpc) is 3.09. The highest BCUT2D eigenvalue weighted by Gasteiger charge is 2.30. The fourth-order valence-corrected chi connectivity index (χ4v) is 2.91. The first-order valence-electron chi connectivity index (χ1n) is 8.10. The molecule has 2 aromatic carbocycles. The molecule has 0 radical (unpaired) electrons. The normalized spacial score (nSPS) is 20.0. The van der Waals surface area contributed by atoms with Gasteiger partial charge in [0.1, 0.15) is 11.8 Å². The van der Waals surface area contributed by atoms with Crippen LogP contribution < -0.4 is 20.9 Å². The molecule has 3 N–H and O–H groups in total. The highest BCUT2D eigenvalue weighted by Crippen LogP contribution is 2.26. The van der Waals surface area contributed by atoms with Gasteiger partial charge in [0.15, 0.2) is 0 Å². The maximum atomic E-state index is 12.5. The van der Waals surface area contributed by atoms with E-state index in [1.165, 1.54) is 5.56 Å². The van der Waals surface area contributed by atoms with E-state index in [2.05, 4.69) is 16.2 Å². The Kier molecular flexibility index (Phi) is 4.83. The number of amides is 1. The van der Waals surface area contributed by atoms with Crippen LogP contribution in [0, 0.1) is 13.8 Å². The Labute approximate surface area is 142 Å². The molecular formula is C19H23N3O2. The van der Waals surface area contributed by atoms with Crippen molar-refractivity contribution < 1.29 is 9.53 Å². The molecule has 2 aromatic rings. The number of hydrogen-bond donors (Lipinski definition) is 3. The monoisotopic (exact) mass is 325 g/mol. The molecule has 5 nitrogen and oxygen atoms in total. The third-order valence-electron chi connectivity index (χ3n) is 4.58. The zero-order chi connectivity index (χ0) is 17.1. The second kappa shape index (κ2) is 7.03. The molecule has 0 aliphatic carbocycles. The third-order valence-corrected chi connectivity index (χ3v) is 4.58. The average molecular weight is 325 g/mol. The number of rotatable bonds is 4. The largest absolute Gasteiger partial charge is 0.497 e. The number of ether oxygens (including phenoxy) is 1. The first-order valence-corrected chi connectivity index (χ1v) is 8.10. The highest BCUT2D eigenvalue weighted by molar-refractivity contribution is 5.95. The van der Waals surface area contributed by atoms with Gasteiger partial charge in [-0.2, -0.15) is 0 Å². The Hall–Kier alpha value is -2.37. The molecule has 1 fully saturated rings. The van der Waals surface area contributed by atoms with E-state index in [1.54, 1.807) is 7.11 Å². The Morgan fingerprint density at radius 1 is 1.17 bits per heavy atom. The zero-order valence-electron chi connectivity index (χ0n) is 14.2. The topological polar surface area (TPSA) is 62.4 Å². The molecule has 5 heteroatoms. The fourth-order valence-electron chi connectivity index (χ4n) is 2.91. The first kappa shape index (κ1) is 16.5. The molecule has 0 spiro atoms. The van der Waals surface area contributed by atoms with Gasteiger partial charge in [-0.25, -0.2) is 10.9 Å². The number of anilines is 1. The van der Waals surface area contributed by atoms with Gasteiger partial charge in [-0.05, 0) is 55.2 Å². The number of methoxy groups -OCH3 is 1. The molecule has 0 bridgehead atoms. The second-order valence-electron chi connectivity index (χ2n) is 6.14. The second-order valence-corrected chi connectivity index (χ2v) is 6.14. The van der Waals surface area contributed by atoms with E-state index < -0.39 is 0 Å². The van der Waals surface area contributed by atoms with Crippen LogP contribution in [0.5, 0.6) is 5.75 Å². The molecule has 0 saturated carbocycles. The molecule has 3 rings (SSSR count). The SMILES string of the molecule is COc1cccc(C2CC(C(=O)Nc3cccc(C)c3C)NN2)c1. The van der Waals surface area contributed by atoms with Crippen LogP contribution in [0.2, 0.25) is 0 Å².